The van der Waals surface area contributed by atoms with Crippen LogP contribution in [-0.4, -0.2) is 14.3 Å². The first-order valence-electron chi connectivity index (χ1n) is 7.06. The molecule has 122 valence electrons. The van der Waals surface area contributed by atoms with Crippen LogP contribution >= 0.6 is 22.9 Å². The van der Waals surface area contributed by atoms with Gasteiger partial charge in [0.25, 0.3) is 5.91 Å². The van der Waals surface area contributed by atoms with Crippen molar-refractivity contribution in [3.8, 4) is 0 Å². The molecule has 0 radical (unpaired) electrons. The number of thiophene rings is 1. The summed E-state index contributed by atoms with van der Waals surface area (Å²) in [5.74, 6) is -0.294. The lowest BCUT2D eigenvalue weighted by molar-refractivity contribution is 0.0937. The molecule has 1 unspecified atom stereocenters. The van der Waals surface area contributed by atoms with E-state index in [0.717, 1.165) is 41.7 Å². The third-order valence-electron chi connectivity index (χ3n) is 3.81. The predicted octanol–water partition coefficient (Wildman–Crippen LogP) is 2.86. The summed E-state index contributed by atoms with van der Waals surface area (Å²) in [6.07, 6.45) is 2.75. The maximum absolute atomic E-state index is 12.4. The zero-order valence-corrected chi connectivity index (χ0v) is 14.5. The highest BCUT2D eigenvalue weighted by molar-refractivity contribution is 7.91. The first kappa shape index (κ1) is 16.4. The summed E-state index contributed by atoms with van der Waals surface area (Å²) < 4.78 is 22.6. The summed E-state index contributed by atoms with van der Waals surface area (Å²) in [6.45, 7) is 0. The minimum Gasteiger partial charge on any atom is -0.345 e. The largest absolute Gasteiger partial charge is 0.345 e. The number of carbonyl (C=O) groups is 1. The Morgan fingerprint density at radius 2 is 2.09 bits per heavy atom. The molecule has 3 rings (SSSR count). The summed E-state index contributed by atoms with van der Waals surface area (Å²) in [4.78, 5) is 12.7. The highest BCUT2D eigenvalue weighted by Crippen LogP contribution is 2.32. The summed E-state index contributed by atoms with van der Waals surface area (Å²) in [6, 6.07) is 8.42. The van der Waals surface area contributed by atoms with Crippen LogP contribution in [0.1, 0.15) is 39.7 Å². The molecule has 1 aliphatic carbocycles. The Morgan fingerprint density at radius 3 is 2.78 bits per heavy atom. The third kappa shape index (κ3) is 3.58. The van der Waals surface area contributed by atoms with Gasteiger partial charge in [0.2, 0.25) is 10.0 Å². The third-order valence-corrected chi connectivity index (χ3v) is 6.57. The van der Waals surface area contributed by atoms with Gasteiger partial charge in [0.1, 0.15) is 4.21 Å². The number of carbonyl (C=O) groups excluding carboxylic acids is 1. The van der Waals surface area contributed by atoms with Crippen LogP contribution in [0.5, 0.6) is 0 Å². The molecule has 0 spiro atoms. The second kappa shape index (κ2) is 6.24. The fraction of sp³-hybridized carbons (Fsp3) is 0.267. The summed E-state index contributed by atoms with van der Waals surface area (Å²) in [5, 5.41) is 8.73. The number of fused-ring (bicyclic) bond motifs is 1. The van der Waals surface area contributed by atoms with Crippen LogP contribution in [0.15, 0.2) is 34.5 Å². The molecule has 5 nitrogen and oxygen atoms in total. The fourth-order valence-corrected chi connectivity index (χ4v) is 4.58. The van der Waals surface area contributed by atoms with Crippen molar-refractivity contribution in [1.82, 2.24) is 5.32 Å². The first-order chi connectivity index (χ1) is 10.8. The number of nitrogens with two attached hydrogens (primary N) is 1. The molecule has 3 N–H and O–H groups in total. The number of benzene rings is 1. The summed E-state index contributed by atoms with van der Waals surface area (Å²) in [5.41, 5.74) is 2.21. The molecule has 0 saturated carbocycles. The molecule has 1 aromatic carbocycles. The second-order valence-electron chi connectivity index (χ2n) is 5.43. The van der Waals surface area contributed by atoms with Crippen molar-refractivity contribution in [1.29, 1.82) is 0 Å². The van der Waals surface area contributed by atoms with Gasteiger partial charge < -0.3 is 5.32 Å². The average Bonchev–Trinajstić information content (AvgIpc) is 2.97. The van der Waals surface area contributed by atoms with Gasteiger partial charge in [0.15, 0.2) is 0 Å². The zero-order chi connectivity index (χ0) is 16.6. The Labute approximate surface area is 143 Å². The van der Waals surface area contributed by atoms with Crippen LogP contribution in [0.25, 0.3) is 0 Å². The van der Waals surface area contributed by atoms with Crippen molar-refractivity contribution in [3.05, 3.63) is 51.4 Å². The van der Waals surface area contributed by atoms with Crippen molar-refractivity contribution >= 4 is 38.9 Å². The fourth-order valence-electron chi connectivity index (χ4n) is 2.76. The van der Waals surface area contributed by atoms with Crippen molar-refractivity contribution < 1.29 is 13.2 Å². The highest BCUT2D eigenvalue weighted by Gasteiger charge is 2.23. The van der Waals surface area contributed by atoms with Gasteiger partial charge in [-0.25, -0.2) is 13.6 Å². The van der Waals surface area contributed by atoms with E-state index >= 15 is 0 Å². The number of aryl methyl sites for hydroxylation is 1. The number of halogens is 1. The molecule has 2 aromatic rings. The van der Waals surface area contributed by atoms with Gasteiger partial charge in [0.05, 0.1) is 10.9 Å². The molecular formula is C15H15ClN2O3S2. The lowest BCUT2D eigenvalue weighted by Gasteiger charge is -2.26. The van der Waals surface area contributed by atoms with E-state index in [-0.39, 0.29) is 16.2 Å². The zero-order valence-electron chi connectivity index (χ0n) is 12.1. The topological polar surface area (TPSA) is 89.3 Å². The van der Waals surface area contributed by atoms with E-state index in [9.17, 15) is 13.2 Å². The molecule has 8 heteroatoms. The van der Waals surface area contributed by atoms with Gasteiger partial charge >= 0.3 is 0 Å². The molecule has 0 bridgehead atoms. The van der Waals surface area contributed by atoms with Crippen molar-refractivity contribution in [3.63, 3.8) is 0 Å². The number of rotatable bonds is 3. The lowest BCUT2D eigenvalue weighted by Crippen LogP contribution is -2.30. The second-order valence-corrected chi connectivity index (χ2v) is 8.73. The van der Waals surface area contributed by atoms with Crippen LogP contribution in [0, 0.1) is 0 Å². The van der Waals surface area contributed by atoms with E-state index in [4.69, 9.17) is 16.7 Å². The number of nitrogens with one attached hydrogen (secondary N) is 1. The van der Waals surface area contributed by atoms with E-state index < -0.39 is 10.0 Å². The number of hydrogen-bond donors (Lipinski definition) is 2. The molecule has 0 saturated heterocycles. The Morgan fingerprint density at radius 1 is 1.30 bits per heavy atom. The van der Waals surface area contributed by atoms with Crippen LogP contribution < -0.4 is 10.5 Å². The Kier molecular flexibility index (Phi) is 4.46. The van der Waals surface area contributed by atoms with Crippen LogP contribution in [0.2, 0.25) is 5.02 Å². The minimum absolute atomic E-state index is 0.0153. The smallest absolute Gasteiger partial charge is 0.261 e. The first-order valence-corrected chi connectivity index (χ1v) is 9.80. The van der Waals surface area contributed by atoms with Crippen LogP contribution in [0.3, 0.4) is 0 Å². The predicted molar refractivity (Wildman–Crippen MR) is 90.3 cm³/mol. The summed E-state index contributed by atoms with van der Waals surface area (Å²) in [7, 11) is -3.78. The van der Waals surface area contributed by atoms with E-state index in [2.05, 4.69) is 5.32 Å². The highest BCUT2D eigenvalue weighted by atomic mass is 35.5. The maximum Gasteiger partial charge on any atom is 0.261 e. The standard InChI is InChI=1S/C15H15ClN2O3S2/c16-10-4-5-11-9(8-10)2-1-3-12(11)18-15(19)13-6-7-14(22-13)23(17,20)21/h4-8,12H,1-3H2,(H,18,19)(H2,17,20,21). The van der Waals surface area contributed by atoms with E-state index in [1.54, 1.807) is 0 Å². The molecular weight excluding hydrogens is 356 g/mol. The van der Waals surface area contributed by atoms with Crippen LogP contribution in [-0.2, 0) is 16.4 Å². The molecule has 1 heterocycles. The molecule has 23 heavy (non-hydrogen) atoms. The van der Waals surface area contributed by atoms with E-state index in [1.807, 2.05) is 18.2 Å². The van der Waals surface area contributed by atoms with Crippen molar-refractivity contribution in [2.45, 2.75) is 29.5 Å². The molecule has 0 aliphatic heterocycles. The lowest BCUT2D eigenvalue weighted by atomic mass is 9.87. The van der Waals surface area contributed by atoms with Crippen molar-refractivity contribution in [2.24, 2.45) is 5.14 Å². The summed E-state index contributed by atoms with van der Waals surface area (Å²) >= 11 is 6.89. The molecule has 1 aliphatic rings. The maximum atomic E-state index is 12.4. The van der Waals surface area contributed by atoms with Gasteiger partial charge in [-0.1, -0.05) is 17.7 Å². The van der Waals surface area contributed by atoms with Gasteiger partial charge in [-0.2, -0.15) is 0 Å². The SMILES string of the molecule is NS(=O)(=O)c1ccc(C(=O)NC2CCCc3cc(Cl)ccc32)s1. The Balaban J connectivity index is 1.81. The Bertz CT molecular complexity index is 861. The number of sulfonamides is 1. The average molecular weight is 371 g/mol. The quantitative estimate of drug-likeness (QED) is 0.870. The number of primary sulfonamides is 1. The normalized spacial score (nSPS) is 17.6. The van der Waals surface area contributed by atoms with Gasteiger partial charge in [0, 0.05) is 5.02 Å². The van der Waals surface area contributed by atoms with Gasteiger partial charge in [-0.3, -0.25) is 4.79 Å². The van der Waals surface area contributed by atoms with E-state index in [0.29, 0.717) is 9.90 Å². The molecule has 0 fully saturated rings. The monoisotopic (exact) mass is 370 g/mol. The minimum atomic E-state index is -3.78. The van der Waals surface area contributed by atoms with Gasteiger partial charge in [-0.15, -0.1) is 11.3 Å². The van der Waals surface area contributed by atoms with Crippen molar-refractivity contribution in [2.75, 3.05) is 0 Å². The molecule has 1 atom stereocenters. The van der Waals surface area contributed by atoms with Gasteiger partial charge in [-0.05, 0) is 54.7 Å². The molecule has 1 aromatic heterocycles. The van der Waals surface area contributed by atoms with Crippen LogP contribution in [0.4, 0.5) is 0 Å². The number of amides is 1. The Hall–Kier alpha value is -1.41. The molecule has 1 amide bonds. The number of hydrogen-bond acceptors (Lipinski definition) is 4. The van der Waals surface area contributed by atoms with E-state index in [1.165, 1.54) is 12.1 Å².